The van der Waals surface area contributed by atoms with Crippen LogP contribution < -0.4 is 5.46 Å². The summed E-state index contributed by atoms with van der Waals surface area (Å²) in [4.78, 5) is 14.5. The summed E-state index contributed by atoms with van der Waals surface area (Å²) in [5.74, 6) is 0.257. The first-order valence-corrected chi connectivity index (χ1v) is 6.07. The summed E-state index contributed by atoms with van der Waals surface area (Å²) in [6.45, 7) is 0. The first-order chi connectivity index (χ1) is 10.1. The van der Waals surface area contributed by atoms with E-state index in [0.717, 1.165) is 0 Å². The molecule has 0 bridgehead atoms. The molecule has 2 aromatic carbocycles. The number of rotatable bonds is 3. The Hall–Kier alpha value is -2.71. The van der Waals surface area contributed by atoms with Crippen molar-refractivity contribution < 1.29 is 19.4 Å². The average Bonchev–Trinajstić information content (AvgIpc) is 2.90. The summed E-state index contributed by atoms with van der Waals surface area (Å²) in [5.41, 5.74) is 0.288. The molecule has 0 atom stereocenters. The van der Waals surface area contributed by atoms with Crippen LogP contribution in [0, 0.1) is 10.1 Å². The summed E-state index contributed by atoms with van der Waals surface area (Å²) >= 11 is 0. The number of oxazole rings is 1. The SMILES string of the molecule is O=[N+]([O-])c1ccc2nc(-c3ccccc3)oc2c1B(O)O. The zero-order valence-electron chi connectivity index (χ0n) is 10.6. The van der Waals surface area contributed by atoms with Crippen LogP contribution in [0.4, 0.5) is 5.69 Å². The minimum absolute atomic E-state index is 0.00180. The molecule has 3 aromatic rings. The number of hydrogen-bond acceptors (Lipinski definition) is 6. The maximum atomic E-state index is 11.0. The monoisotopic (exact) mass is 284 g/mol. The van der Waals surface area contributed by atoms with Gasteiger partial charge in [0.25, 0.3) is 5.69 Å². The zero-order chi connectivity index (χ0) is 15.0. The molecule has 0 aliphatic carbocycles. The molecule has 0 amide bonds. The quantitative estimate of drug-likeness (QED) is 0.423. The lowest BCUT2D eigenvalue weighted by Gasteiger charge is -2.01. The van der Waals surface area contributed by atoms with Gasteiger partial charge in [0.15, 0.2) is 5.58 Å². The lowest BCUT2D eigenvalue weighted by atomic mass is 9.78. The third-order valence-corrected chi connectivity index (χ3v) is 3.05. The largest absolute Gasteiger partial charge is 0.499 e. The van der Waals surface area contributed by atoms with Crippen LogP contribution >= 0.6 is 0 Å². The predicted octanol–water partition coefficient (Wildman–Crippen LogP) is 1.08. The van der Waals surface area contributed by atoms with Gasteiger partial charge in [-0.1, -0.05) is 18.2 Å². The highest BCUT2D eigenvalue weighted by atomic mass is 16.6. The molecule has 0 spiro atoms. The number of fused-ring (bicyclic) bond motifs is 1. The van der Waals surface area contributed by atoms with Gasteiger partial charge in [-0.3, -0.25) is 10.1 Å². The number of benzene rings is 2. The van der Waals surface area contributed by atoms with E-state index >= 15 is 0 Å². The summed E-state index contributed by atoms with van der Waals surface area (Å²) in [7, 11) is -2.02. The number of hydrogen-bond donors (Lipinski definition) is 2. The molecule has 2 N–H and O–H groups in total. The minimum atomic E-state index is -2.02. The van der Waals surface area contributed by atoms with Gasteiger partial charge >= 0.3 is 7.12 Å². The fourth-order valence-corrected chi connectivity index (χ4v) is 2.11. The van der Waals surface area contributed by atoms with Crippen molar-refractivity contribution in [1.29, 1.82) is 0 Å². The van der Waals surface area contributed by atoms with E-state index in [4.69, 9.17) is 4.42 Å². The molecule has 104 valence electrons. The van der Waals surface area contributed by atoms with Gasteiger partial charge < -0.3 is 14.5 Å². The molecule has 0 aliphatic rings. The molecule has 1 aromatic heterocycles. The van der Waals surface area contributed by atoms with Crippen molar-refractivity contribution in [1.82, 2.24) is 4.98 Å². The minimum Gasteiger partial charge on any atom is -0.436 e. The van der Waals surface area contributed by atoms with Crippen molar-refractivity contribution in [3.8, 4) is 11.5 Å². The van der Waals surface area contributed by atoms with Crippen LogP contribution in [0.5, 0.6) is 0 Å². The Morgan fingerprint density at radius 3 is 2.48 bits per heavy atom. The third kappa shape index (κ3) is 2.26. The van der Waals surface area contributed by atoms with Crippen LogP contribution in [0.1, 0.15) is 0 Å². The molecule has 21 heavy (non-hydrogen) atoms. The first kappa shape index (κ1) is 13.3. The molecule has 8 heteroatoms. The van der Waals surface area contributed by atoms with Crippen molar-refractivity contribution in [2.75, 3.05) is 0 Å². The smallest absolute Gasteiger partial charge is 0.436 e. The highest BCUT2D eigenvalue weighted by Gasteiger charge is 2.29. The van der Waals surface area contributed by atoms with Crippen LogP contribution in [0.3, 0.4) is 0 Å². The summed E-state index contributed by atoms with van der Waals surface area (Å²) < 4.78 is 5.50. The first-order valence-electron chi connectivity index (χ1n) is 6.07. The Kier molecular flexibility index (Phi) is 3.17. The number of nitrogens with zero attached hydrogens (tertiary/aromatic N) is 2. The number of nitro benzene ring substituents is 1. The van der Waals surface area contributed by atoms with E-state index in [-0.39, 0.29) is 16.9 Å². The second kappa shape index (κ2) is 5.00. The Morgan fingerprint density at radius 2 is 1.86 bits per heavy atom. The van der Waals surface area contributed by atoms with Crippen LogP contribution in [0.2, 0.25) is 0 Å². The lowest BCUT2D eigenvalue weighted by molar-refractivity contribution is -0.383. The van der Waals surface area contributed by atoms with E-state index in [1.807, 2.05) is 6.07 Å². The van der Waals surface area contributed by atoms with E-state index in [9.17, 15) is 20.2 Å². The van der Waals surface area contributed by atoms with Crippen LogP contribution in [-0.4, -0.2) is 27.1 Å². The van der Waals surface area contributed by atoms with Gasteiger partial charge in [0.05, 0.1) is 4.92 Å². The zero-order valence-corrected chi connectivity index (χ0v) is 10.6. The molecule has 7 nitrogen and oxygen atoms in total. The topological polar surface area (TPSA) is 110 Å². The van der Waals surface area contributed by atoms with Crippen molar-refractivity contribution in [3.05, 3.63) is 52.6 Å². The molecule has 0 fully saturated rings. The highest BCUT2D eigenvalue weighted by molar-refractivity contribution is 6.63. The van der Waals surface area contributed by atoms with Crippen LogP contribution in [-0.2, 0) is 0 Å². The molecule has 3 rings (SSSR count). The Bertz CT molecular complexity index is 816. The molecule has 0 aliphatic heterocycles. The fourth-order valence-electron chi connectivity index (χ4n) is 2.11. The summed E-state index contributed by atoms with van der Waals surface area (Å²) in [6.07, 6.45) is 0. The summed E-state index contributed by atoms with van der Waals surface area (Å²) in [5, 5.41) is 29.8. The van der Waals surface area contributed by atoms with E-state index in [1.165, 1.54) is 12.1 Å². The van der Waals surface area contributed by atoms with E-state index in [0.29, 0.717) is 11.1 Å². The van der Waals surface area contributed by atoms with E-state index < -0.39 is 17.7 Å². The standard InChI is InChI=1S/C13H9BN2O5/c17-14(18)11-10(16(19)20)7-6-9-12(11)21-13(15-9)8-4-2-1-3-5-8/h1-7,17-18H. The maximum Gasteiger partial charge on any atom is 0.499 e. The van der Waals surface area contributed by atoms with Gasteiger partial charge in [-0.25, -0.2) is 4.98 Å². The predicted molar refractivity (Wildman–Crippen MR) is 75.9 cm³/mol. The fraction of sp³-hybridized carbons (Fsp3) is 0. The Balaban J connectivity index is 2.27. The average molecular weight is 284 g/mol. The van der Waals surface area contributed by atoms with Crippen molar-refractivity contribution in [2.45, 2.75) is 0 Å². The van der Waals surface area contributed by atoms with Gasteiger partial charge in [-0.05, 0) is 18.2 Å². The van der Waals surface area contributed by atoms with Gasteiger partial charge in [-0.2, -0.15) is 0 Å². The Morgan fingerprint density at radius 1 is 1.14 bits per heavy atom. The lowest BCUT2D eigenvalue weighted by Crippen LogP contribution is -2.32. The van der Waals surface area contributed by atoms with Crippen molar-refractivity contribution in [3.63, 3.8) is 0 Å². The van der Waals surface area contributed by atoms with Crippen LogP contribution in [0.15, 0.2) is 46.9 Å². The van der Waals surface area contributed by atoms with Gasteiger partial charge in [0.2, 0.25) is 5.89 Å². The molecular weight excluding hydrogens is 275 g/mol. The van der Waals surface area contributed by atoms with E-state index in [2.05, 4.69) is 4.98 Å². The number of nitro groups is 1. The van der Waals surface area contributed by atoms with Gasteiger partial charge in [-0.15, -0.1) is 0 Å². The molecule has 0 unspecified atom stereocenters. The van der Waals surface area contributed by atoms with Gasteiger partial charge in [0, 0.05) is 11.6 Å². The number of aromatic nitrogens is 1. The molecule has 0 saturated heterocycles. The van der Waals surface area contributed by atoms with E-state index in [1.54, 1.807) is 24.3 Å². The Labute approximate surface area is 118 Å². The molecule has 1 heterocycles. The van der Waals surface area contributed by atoms with Gasteiger partial charge in [0.1, 0.15) is 11.0 Å². The van der Waals surface area contributed by atoms with Crippen LogP contribution in [0.25, 0.3) is 22.6 Å². The van der Waals surface area contributed by atoms with Crippen molar-refractivity contribution >= 4 is 29.4 Å². The maximum absolute atomic E-state index is 11.0. The molecular formula is C13H9BN2O5. The van der Waals surface area contributed by atoms with Crippen molar-refractivity contribution in [2.24, 2.45) is 0 Å². The highest BCUT2D eigenvalue weighted by Crippen LogP contribution is 2.25. The molecule has 0 saturated carbocycles. The second-order valence-corrected chi connectivity index (χ2v) is 4.36. The summed E-state index contributed by atoms with van der Waals surface area (Å²) in [6, 6.07) is 11.6. The third-order valence-electron chi connectivity index (χ3n) is 3.05. The second-order valence-electron chi connectivity index (χ2n) is 4.36. The molecule has 0 radical (unpaired) electrons. The normalized spacial score (nSPS) is 10.8.